The van der Waals surface area contributed by atoms with Gasteiger partial charge in [-0.3, -0.25) is 4.79 Å². The van der Waals surface area contributed by atoms with Crippen LogP contribution in [0.1, 0.15) is 74.7 Å². The molecule has 0 spiro atoms. The van der Waals surface area contributed by atoms with E-state index in [0.29, 0.717) is 50.5 Å². The summed E-state index contributed by atoms with van der Waals surface area (Å²) in [4.78, 5) is 26.1. The average molecular weight is 427 g/mol. The van der Waals surface area contributed by atoms with E-state index in [-0.39, 0.29) is 30.9 Å². The number of hydrogen-bond acceptors (Lipinski definition) is 4. The number of carbonyl (C=O) groups excluding carboxylic acids is 2. The Bertz CT molecular complexity index is 474. The van der Waals surface area contributed by atoms with Gasteiger partial charge in [0, 0.05) is 19.0 Å². The molecule has 1 atom stereocenters. The van der Waals surface area contributed by atoms with E-state index in [1.165, 1.54) is 0 Å². The molecule has 166 valence electrons. The van der Waals surface area contributed by atoms with Gasteiger partial charge in [-0.2, -0.15) is 0 Å². The first-order valence-electron chi connectivity index (χ1n) is 10.3. The maximum Gasteiger partial charge on any atom is 1.00 e. The molecule has 1 rings (SSSR count). The second kappa shape index (κ2) is 14.6. The van der Waals surface area contributed by atoms with Crippen LogP contribution in [0.4, 0.5) is 4.79 Å². The number of nitrogens with zero attached hydrogens (tertiary/aromatic N) is 2. The van der Waals surface area contributed by atoms with Crippen LogP contribution >= 0.6 is 11.6 Å². The Morgan fingerprint density at radius 3 is 2.10 bits per heavy atom. The van der Waals surface area contributed by atoms with E-state index >= 15 is 0 Å². The first-order valence-corrected chi connectivity index (χ1v) is 10.8. The molecule has 0 bridgehead atoms. The van der Waals surface area contributed by atoms with Gasteiger partial charge in [0.2, 0.25) is 0 Å². The second-order valence-electron chi connectivity index (χ2n) is 8.78. The number of carbonyl (C=O) groups is 2. The third-order valence-corrected chi connectivity index (χ3v) is 4.30. The fourth-order valence-electron chi connectivity index (χ4n) is 3.15. The molecule has 1 amide bonds. The van der Waals surface area contributed by atoms with E-state index in [9.17, 15) is 9.59 Å². The molecule has 0 aromatic heterocycles. The molecule has 0 radical (unpaired) electrons. The van der Waals surface area contributed by atoms with E-state index < -0.39 is 11.0 Å². The predicted molar refractivity (Wildman–Crippen MR) is 115 cm³/mol. The minimum Gasteiger partial charge on any atom is -0.658 e. The zero-order valence-corrected chi connectivity index (χ0v) is 20.8. The average Bonchev–Trinajstić information content (AvgIpc) is 2.53. The van der Waals surface area contributed by atoms with Gasteiger partial charge >= 0.3 is 30.9 Å². The van der Waals surface area contributed by atoms with Gasteiger partial charge < -0.3 is 19.7 Å². The number of hydrogen-bond donors (Lipinski definition) is 0. The molecule has 29 heavy (non-hydrogen) atoms. The summed E-state index contributed by atoms with van der Waals surface area (Å²) >= 11 is 5.86. The van der Waals surface area contributed by atoms with Crippen LogP contribution in [-0.2, 0) is 14.3 Å². The van der Waals surface area contributed by atoms with Crippen molar-refractivity contribution in [2.75, 3.05) is 25.6 Å². The number of piperidine rings is 1. The van der Waals surface area contributed by atoms with Crippen molar-refractivity contribution in [3.8, 4) is 0 Å². The normalized spacial score (nSPS) is 19.2. The van der Waals surface area contributed by atoms with Crippen LogP contribution in [-0.4, -0.2) is 60.2 Å². The molecule has 6 nitrogen and oxygen atoms in total. The number of rotatable bonds is 6. The predicted octanol–water partition coefficient (Wildman–Crippen LogP) is 2.38. The molecule has 8 heteroatoms. The smallest absolute Gasteiger partial charge is 0.658 e. The maximum absolute atomic E-state index is 12.3. The minimum absolute atomic E-state index is 0. The fraction of sp³-hybridized carbons (Fsp3) is 0.905. The first-order chi connectivity index (χ1) is 12.9. The first kappa shape index (κ1) is 30.8. The van der Waals surface area contributed by atoms with Crippen LogP contribution in [0, 0.1) is 5.41 Å². The molecule has 1 saturated heterocycles. The standard InChI is InChI=1S/C15H26ClNO4.C6H14N.Li/c1-5-20-12(18)15(8-9-16)7-6-10-17(11-15)13(19)21-14(2,3)4;1-5(2)7-6(3)4;/h5-11H2,1-4H3;5-6H,1-4H3;/q;-1;+1. The van der Waals surface area contributed by atoms with Gasteiger partial charge in [0.1, 0.15) is 5.60 Å². The third-order valence-electron chi connectivity index (χ3n) is 4.11. The summed E-state index contributed by atoms with van der Waals surface area (Å²) in [5, 5.41) is 4.28. The van der Waals surface area contributed by atoms with Crippen LogP contribution in [0.2, 0.25) is 0 Å². The third kappa shape index (κ3) is 12.8. The van der Waals surface area contributed by atoms with Gasteiger partial charge in [0.25, 0.3) is 0 Å². The molecule has 0 saturated carbocycles. The molecule has 0 aromatic rings. The monoisotopic (exact) mass is 426 g/mol. The molecule has 1 unspecified atom stereocenters. The molecular weight excluding hydrogens is 387 g/mol. The Balaban J connectivity index is 0. The summed E-state index contributed by atoms with van der Waals surface area (Å²) in [6.07, 6.45) is 1.56. The van der Waals surface area contributed by atoms with Crippen molar-refractivity contribution in [1.29, 1.82) is 0 Å². The van der Waals surface area contributed by atoms with Crippen molar-refractivity contribution < 1.29 is 37.9 Å². The molecule has 1 aliphatic heterocycles. The van der Waals surface area contributed by atoms with Gasteiger partial charge in [-0.05, 0) is 47.0 Å². The van der Waals surface area contributed by atoms with Gasteiger partial charge in [0.15, 0.2) is 0 Å². The van der Waals surface area contributed by atoms with Crippen molar-refractivity contribution in [3.63, 3.8) is 0 Å². The molecular formula is C21H40ClLiN2O4. The Labute approximate surface area is 194 Å². The van der Waals surface area contributed by atoms with Crippen LogP contribution in [0.25, 0.3) is 5.32 Å². The Hall–Kier alpha value is -0.413. The number of ether oxygens (including phenoxy) is 2. The largest absolute Gasteiger partial charge is 1.00 e. The second-order valence-corrected chi connectivity index (χ2v) is 9.16. The molecule has 0 N–H and O–H groups in total. The zero-order chi connectivity index (χ0) is 22.0. The number of amides is 1. The summed E-state index contributed by atoms with van der Waals surface area (Å²) < 4.78 is 10.6. The van der Waals surface area contributed by atoms with Crippen LogP contribution < -0.4 is 18.9 Å². The van der Waals surface area contributed by atoms with E-state index in [0.717, 1.165) is 6.42 Å². The van der Waals surface area contributed by atoms with Crippen molar-refractivity contribution in [1.82, 2.24) is 4.90 Å². The fourth-order valence-corrected chi connectivity index (χ4v) is 3.51. The summed E-state index contributed by atoms with van der Waals surface area (Å²) in [5.74, 6) is 0.0972. The van der Waals surface area contributed by atoms with E-state index in [1.54, 1.807) is 11.8 Å². The quantitative estimate of drug-likeness (QED) is 0.371. The van der Waals surface area contributed by atoms with Crippen molar-refractivity contribution in [3.05, 3.63) is 5.32 Å². The number of halogens is 1. The molecule has 1 fully saturated rings. The van der Waals surface area contributed by atoms with Crippen molar-refractivity contribution in [2.24, 2.45) is 5.41 Å². The van der Waals surface area contributed by atoms with Crippen LogP contribution in [0.15, 0.2) is 0 Å². The molecule has 0 aromatic carbocycles. The Kier molecular flexibility index (Phi) is 15.5. The molecule has 1 heterocycles. The van der Waals surface area contributed by atoms with Gasteiger partial charge in [0.05, 0.1) is 12.0 Å². The Morgan fingerprint density at radius 2 is 1.72 bits per heavy atom. The van der Waals surface area contributed by atoms with Crippen molar-refractivity contribution in [2.45, 2.75) is 92.3 Å². The van der Waals surface area contributed by atoms with E-state index in [2.05, 4.69) is 33.0 Å². The van der Waals surface area contributed by atoms with Gasteiger partial charge in [-0.15, -0.1) is 23.7 Å². The van der Waals surface area contributed by atoms with Gasteiger partial charge in [-0.1, -0.05) is 27.7 Å². The SMILES string of the molecule is CC(C)[N-]C(C)C.CCOC(=O)C1(CCCl)CCCN(C(=O)OC(C)(C)C)C1.[Li+]. The maximum atomic E-state index is 12.3. The van der Waals surface area contributed by atoms with E-state index in [4.69, 9.17) is 21.1 Å². The number of esters is 1. The zero-order valence-electron chi connectivity index (χ0n) is 20.0. The summed E-state index contributed by atoms with van der Waals surface area (Å²) in [6.45, 7) is 16.9. The topological polar surface area (TPSA) is 69.9 Å². The van der Waals surface area contributed by atoms with E-state index in [1.807, 2.05) is 20.8 Å². The summed E-state index contributed by atoms with van der Waals surface area (Å²) in [6, 6.07) is 1.000. The summed E-state index contributed by atoms with van der Waals surface area (Å²) in [7, 11) is 0. The van der Waals surface area contributed by atoms with Crippen LogP contribution in [0.3, 0.4) is 0 Å². The molecule has 1 aliphatic rings. The Morgan fingerprint density at radius 1 is 1.17 bits per heavy atom. The number of likely N-dealkylation sites (tertiary alicyclic amines) is 1. The van der Waals surface area contributed by atoms with Crippen LogP contribution in [0.5, 0.6) is 0 Å². The summed E-state index contributed by atoms with van der Waals surface area (Å²) in [5.41, 5.74) is -1.25. The van der Waals surface area contributed by atoms with Crippen molar-refractivity contribution >= 4 is 23.7 Å². The minimum atomic E-state index is -0.701. The number of alkyl halides is 1. The van der Waals surface area contributed by atoms with Gasteiger partial charge in [-0.25, -0.2) is 4.79 Å². The molecule has 0 aliphatic carbocycles.